The lowest BCUT2D eigenvalue weighted by molar-refractivity contribution is 0.252. The molecular formula is C33H33F2N5S. The molecule has 1 aliphatic heterocycles. The van der Waals surface area contributed by atoms with Gasteiger partial charge in [0.05, 0.1) is 22.3 Å². The van der Waals surface area contributed by atoms with Crippen LogP contribution in [0.3, 0.4) is 0 Å². The lowest BCUT2D eigenvalue weighted by Crippen LogP contribution is -2.32. The Morgan fingerprint density at radius 2 is 1.54 bits per heavy atom. The summed E-state index contributed by atoms with van der Waals surface area (Å²) in [4.78, 5) is 7.95. The maximum atomic E-state index is 13.6. The predicted molar refractivity (Wildman–Crippen MR) is 166 cm³/mol. The first kappa shape index (κ1) is 28.6. The number of rotatable bonds is 10. The summed E-state index contributed by atoms with van der Waals surface area (Å²) < 4.78 is 31.7. The number of nitrogens with two attached hydrogens (primary N) is 1. The fourth-order valence-corrected chi connectivity index (χ4v) is 5.89. The summed E-state index contributed by atoms with van der Waals surface area (Å²) in [5, 5.41) is 5.02. The number of pyridine rings is 1. The van der Waals surface area contributed by atoms with Crippen LogP contribution in [0.2, 0.25) is 0 Å². The van der Waals surface area contributed by atoms with Gasteiger partial charge in [-0.1, -0.05) is 48.0 Å². The van der Waals surface area contributed by atoms with Gasteiger partial charge in [-0.15, -0.1) is 0 Å². The van der Waals surface area contributed by atoms with Crippen molar-refractivity contribution in [2.24, 2.45) is 15.3 Å². The van der Waals surface area contributed by atoms with Crippen LogP contribution in [0.25, 0.3) is 16.5 Å². The smallest absolute Gasteiger partial charge is 0.123 e. The zero-order valence-corrected chi connectivity index (χ0v) is 23.7. The van der Waals surface area contributed by atoms with Gasteiger partial charge in [0, 0.05) is 36.6 Å². The molecule has 3 aromatic carbocycles. The van der Waals surface area contributed by atoms with Gasteiger partial charge in [0.2, 0.25) is 0 Å². The van der Waals surface area contributed by atoms with E-state index in [1.165, 1.54) is 41.8 Å². The zero-order chi connectivity index (χ0) is 28.4. The summed E-state index contributed by atoms with van der Waals surface area (Å²) in [5.74, 6) is 5.12. The summed E-state index contributed by atoms with van der Waals surface area (Å²) in [7, 11) is 0. The molecule has 0 saturated carbocycles. The van der Waals surface area contributed by atoms with Gasteiger partial charge >= 0.3 is 0 Å². The van der Waals surface area contributed by atoms with Crippen LogP contribution in [-0.2, 0) is 0 Å². The van der Waals surface area contributed by atoms with Gasteiger partial charge in [0.15, 0.2) is 0 Å². The number of nitrogens with zero attached hydrogens (tertiary/aromatic N) is 4. The topological polar surface area (TPSA) is 66.9 Å². The molecule has 4 aromatic rings. The molecule has 5 nitrogen and oxygen atoms in total. The van der Waals surface area contributed by atoms with Crippen molar-refractivity contribution in [1.29, 1.82) is 0 Å². The Hall–Kier alpha value is -3.88. The molecule has 1 saturated heterocycles. The molecule has 1 aromatic heterocycles. The van der Waals surface area contributed by atoms with Crippen LogP contribution in [-0.4, -0.2) is 41.4 Å². The van der Waals surface area contributed by atoms with Crippen molar-refractivity contribution >= 4 is 40.4 Å². The zero-order valence-electron chi connectivity index (χ0n) is 22.8. The van der Waals surface area contributed by atoms with Gasteiger partial charge < -0.3 is 10.7 Å². The largest absolute Gasteiger partial charge is 0.323 e. The molecule has 2 heterocycles. The molecule has 0 aliphatic carbocycles. The molecule has 0 spiro atoms. The lowest BCUT2D eigenvalue weighted by atomic mass is 9.88. The molecular weight excluding hydrogens is 536 g/mol. The highest BCUT2D eigenvalue weighted by Crippen LogP contribution is 2.33. The first-order valence-corrected chi connectivity index (χ1v) is 14.6. The highest BCUT2D eigenvalue weighted by atomic mass is 32.2. The van der Waals surface area contributed by atoms with E-state index in [-0.39, 0.29) is 11.6 Å². The van der Waals surface area contributed by atoms with Crippen LogP contribution in [0.15, 0.2) is 105 Å². The third-order valence-electron chi connectivity index (χ3n) is 7.35. The number of benzene rings is 3. The summed E-state index contributed by atoms with van der Waals surface area (Å²) in [6.07, 6.45) is 8.16. The van der Waals surface area contributed by atoms with Gasteiger partial charge in [-0.25, -0.2) is 13.2 Å². The van der Waals surface area contributed by atoms with Crippen molar-refractivity contribution in [2.45, 2.75) is 37.0 Å². The van der Waals surface area contributed by atoms with E-state index < -0.39 is 0 Å². The summed E-state index contributed by atoms with van der Waals surface area (Å²) in [5.41, 5.74) is 6.05. The van der Waals surface area contributed by atoms with Gasteiger partial charge in [0.25, 0.3) is 0 Å². The van der Waals surface area contributed by atoms with Crippen molar-refractivity contribution in [1.82, 2.24) is 9.88 Å². The molecule has 1 aliphatic rings. The Kier molecular flexibility index (Phi) is 9.88. The molecule has 0 unspecified atom stereocenters. The van der Waals surface area contributed by atoms with Crippen LogP contribution in [0, 0.1) is 11.6 Å². The van der Waals surface area contributed by atoms with E-state index in [0.717, 1.165) is 89.9 Å². The molecule has 2 N–H and O–H groups in total. The Morgan fingerprint density at radius 1 is 0.878 bits per heavy atom. The highest BCUT2D eigenvalue weighted by Gasteiger charge is 2.19. The third-order valence-corrected chi connectivity index (χ3v) is 8.09. The SMILES string of the molecule is N/N=C(\C=N\Sc1cccc2cccnc12)CCCCN1CCC(=C(c2ccc(F)cc2)c2ccc(F)cc2)CC1. The molecule has 0 amide bonds. The first-order chi connectivity index (χ1) is 20.1. The molecule has 41 heavy (non-hydrogen) atoms. The number of para-hydroxylation sites is 1. The summed E-state index contributed by atoms with van der Waals surface area (Å²) in [6, 6.07) is 23.2. The molecule has 5 rings (SSSR count). The van der Waals surface area contributed by atoms with E-state index in [1.807, 2.05) is 54.6 Å². The Labute approximate surface area is 244 Å². The van der Waals surface area contributed by atoms with E-state index >= 15 is 0 Å². The molecule has 0 radical (unpaired) electrons. The number of halogens is 2. The fraction of sp³-hybridized carbons (Fsp3) is 0.242. The number of hydrogen-bond acceptors (Lipinski definition) is 6. The minimum atomic E-state index is -0.262. The van der Waals surface area contributed by atoms with Crippen LogP contribution < -0.4 is 5.84 Å². The van der Waals surface area contributed by atoms with Crippen molar-refractivity contribution < 1.29 is 8.78 Å². The van der Waals surface area contributed by atoms with Gasteiger partial charge in [0.1, 0.15) is 11.6 Å². The van der Waals surface area contributed by atoms with Crippen LogP contribution >= 0.6 is 11.9 Å². The molecule has 1 fully saturated rings. The van der Waals surface area contributed by atoms with Crippen LogP contribution in [0.5, 0.6) is 0 Å². The Morgan fingerprint density at radius 3 is 2.20 bits per heavy atom. The molecule has 0 atom stereocenters. The third kappa shape index (κ3) is 7.65. The van der Waals surface area contributed by atoms with E-state index in [9.17, 15) is 8.78 Å². The normalized spacial score (nSPS) is 14.7. The number of unbranched alkanes of at least 4 members (excludes halogenated alkanes) is 1. The maximum Gasteiger partial charge on any atom is 0.123 e. The Balaban J connectivity index is 1.12. The second-order valence-electron chi connectivity index (χ2n) is 10.1. The molecule has 210 valence electrons. The van der Waals surface area contributed by atoms with Gasteiger partial charge in [-0.3, -0.25) is 4.98 Å². The van der Waals surface area contributed by atoms with Crippen LogP contribution in [0.1, 0.15) is 43.2 Å². The average Bonchev–Trinajstić information content (AvgIpc) is 3.01. The summed E-state index contributed by atoms with van der Waals surface area (Å²) in [6.45, 7) is 2.91. The minimum absolute atomic E-state index is 0.262. The van der Waals surface area contributed by atoms with Crippen LogP contribution in [0.4, 0.5) is 8.78 Å². The van der Waals surface area contributed by atoms with E-state index in [1.54, 1.807) is 12.4 Å². The quantitative estimate of drug-likeness (QED) is 0.0700. The predicted octanol–water partition coefficient (Wildman–Crippen LogP) is 7.67. The second-order valence-corrected chi connectivity index (χ2v) is 10.9. The first-order valence-electron chi connectivity index (χ1n) is 13.9. The number of piperidine rings is 1. The Bertz CT molecular complexity index is 1490. The average molecular weight is 570 g/mol. The number of fused-ring (bicyclic) bond motifs is 1. The standard InChI is InChI=1S/C33H33F2N5S/c34-28-13-9-24(10-14-28)32(25-11-15-29(35)16-12-25)26-17-21-40(22-18-26)20-2-1-7-30(39-36)23-38-41-31-8-3-5-27-6-4-19-37-33(27)31/h3-6,8-16,19,23H,1-2,7,17-18,20-22,36H2/b38-23+,39-30-. The highest BCUT2D eigenvalue weighted by molar-refractivity contribution is 7.98. The van der Waals surface area contributed by atoms with Gasteiger partial charge in [-0.2, -0.15) is 5.10 Å². The monoisotopic (exact) mass is 569 g/mol. The second kappa shape index (κ2) is 14.1. The lowest BCUT2D eigenvalue weighted by Gasteiger charge is -2.30. The number of likely N-dealkylation sites (tertiary alicyclic amines) is 1. The fourth-order valence-electron chi connectivity index (χ4n) is 5.20. The van der Waals surface area contributed by atoms with E-state index in [0.29, 0.717) is 0 Å². The van der Waals surface area contributed by atoms with E-state index in [4.69, 9.17) is 5.84 Å². The number of aromatic nitrogens is 1. The summed E-state index contributed by atoms with van der Waals surface area (Å²) >= 11 is 1.38. The van der Waals surface area contributed by atoms with E-state index in [2.05, 4.69) is 19.4 Å². The molecule has 0 bridgehead atoms. The van der Waals surface area contributed by atoms with Gasteiger partial charge in [-0.05, 0) is 91.7 Å². The van der Waals surface area contributed by atoms with Crippen molar-refractivity contribution in [3.05, 3.63) is 113 Å². The number of hydrogen-bond donors (Lipinski definition) is 1. The maximum absolute atomic E-state index is 13.6. The van der Waals surface area contributed by atoms with Crippen molar-refractivity contribution in [2.75, 3.05) is 19.6 Å². The minimum Gasteiger partial charge on any atom is -0.323 e. The van der Waals surface area contributed by atoms with Crippen molar-refractivity contribution in [3.8, 4) is 0 Å². The molecule has 8 heteroatoms. The van der Waals surface area contributed by atoms with Crippen molar-refractivity contribution in [3.63, 3.8) is 0 Å². The number of hydrazone groups is 1.